The van der Waals surface area contributed by atoms with Crippen LogP contribution in [0, 0.1) is 0 Å². The molecular weight excluding hydrogens is 434 g/mol. The molecule has 0 amide bonds. The Bertz CT molecular complexity index is 1100. The van der Waals surface area contributed by atoms with Gasteiger partial charge in [-0.3, -0.25) is 9.30 Å². The van der Waals surface area contributed by atoms with Crippen molar-refractivity contribution in [1.29, 1.82) is 0 Å². The summed E-state index contributed by atoms with van der Waals surface area (Å²) in [5.74, 6) is -3.06. The Morgan fingerprint density at radius 3 is 2.62 bits per heavy atom. The van der Waals surface area contributed by atoms with Gasteiger partial charge in [0.15, 0.2) is 4.96 Å². The number of fused-ring (bicyclic) bond motifs is 1. The van der Waals surface area contributed by atoms with Crippen LogP contribution in [0.4, 0.5) is 0 Å². The van der Waals surface area contributed by atoms with Crippen molar-refractivity contribution in [2.24, 2.45) is 0 Å². The number of nitrogens with zero attached hydrogens (tertiary/aromatic N) is 3. The third kappa shape index (κ3) is 4.58. The lowest BCUT2D eigenvalue weighted by atomic mass is 10.2. The van der Waals surface area contributed by atoms with Crippen LogP contribution in [-0.2, 0) is 35.1 Å². The van der Waals surface area contributed by atoms with E-state index in [0.29, 0.717) is 26.3 Å². The second-order valence-corrected chi connectivity index (χ2v) is 8.43. The topological polar surface area (TPSA) is 91.6 Å². The fraction of sp³-hybridized carbons (Fsp3) is 0.318. The van der Waals surface area contributed by atoms with Gasteiger partial charge >= 0.3 is 17.9 Å². The minimum Gasteiger partial charge on any atom is -0.394 e. The molecule has 0 atom stereocenters. The van der Waals surface area contributed by atoms with Crippen molar-refractivity contribution in [2.45, 2.75) is 12.6 Å². The first kappa shape index (κ1) is 20.8. The molecule has 1 spiro atoms. The molecule has 1 fully saturated rings. The van der Waals surface area contributed by atoms with E-state index in [2.05, 4.69) is 23.3 Å². The van der Waals surface area contributed by atoms with Crippen LogP contribution >= 0.6 is 11.3 Å². The summed E-state index contributed by atoms with van der Waals surface area (Å²) in [6, 6.07) is 10.2. The zero-order valence-corrected chi connectivity index (χ0v) is 18.0. The van der Waals surface area contributed by atoms with Crippen LogP contribution < -0.4 is 0 Å². The number of carbonyl (C=O) groups is 2. The van der Waals surface area contributed by atoms with Gasteiger partial charge in [-0.05, 0) is 5.56 Å². The molecule has 5 rings (SSSR count). The molecule has 0 saturated carbocycles. The lowest BCUT2D eigenvalue weighted by molar-refractivity contribution is -0.360. The fourth-order valence-electron chi connectivity index (χ4n) is 3.59. The molecule has 0 N–H and O–H groups in total. The Labute approximate surface area is 187 Å². The van der Waals surface area contributed by atoms with Crippen LogP contribution in [0.15, 0.2) is 54.9 Å². The highest BCUT2D eigenvalue weighted by molar-refractivity contribution is 7.20. The third-order valence-corrected chi connectivity index (χ3v) is 6.13. The van der Waals surface area contributed by atoms with E-state index in [1.165, 1.54) is 5.56 Å². The van der Waals surface area contributed by atoms with Gasteiger partial charge in [0.2, 0.25) is 0 Å². The van der Waals surface area contributed by atoms with Crippen molar-refractivity contribution in [3.63, 3.8) is 0 Å². The second kappa shape index (κ2) is 8.83. The van der Waals surface area contributed by atoms with Gasteiger partial charge in [-0.25, -0.2) is 14.6 Å². The molecule has 0 aliphatic carbocycles. The van der Waals surface area contributed by atoms with Crippen LogP contribution in [0.2, 0.25) is 0 Å². The third-order valence-electron chi connectivity index (χ3n) is 5.08. The Kier molecular flexibility index (Phi) is 5.75. The van der Waals surface area contributed by atoms with Gasteiger partial charge in [0.05, 0.1) is 30.4 Å². The summed E-state index contributed by atoms with van der Waals surface area (Å²) >= 11 is 1.63. The van der Waals surface area contributed by atoms with Crippen LogP contribution in [-0.4, -0.2) is 65.0 Å². The number of benzene rings is 1. The van der Waals surface area contributed by atoms with Gasteiger partial charge in [0, 0.05) is 37.6 Å². The van der Waals surface area contributed by atoms with Crippen LogP contribution in [0.1, 0.15) is 5.69 Å². The average molecular weight is 455 g/mol. The Hall–Kier alpha value is -3.05. The average Bonchev–Trinajstić information content (AvgIpc) is 3.31. The lowest BCUT2D eigenvalue weighted by Crippen LogP contribution is -2.56. The van der Waals surface area contributed by atoms with E-state index in [1.54, 1.807) is 11.3 Å². The van der Waals surface area contributed by atoms with E-state index in [9.17, 15) is 9.59 Å². The van der Waals surface area contributed by atoms with Crippen molar-refractivity contribution >= 4 is 28.2 Å². The summed E-state index contributed by atoms with van der Waals surface area (Å²) in [7, 11) is 0. The number of carbonyl (C=O) groups excluding carboxylic acids is 2. The van der Waals surface area contributed by atoms with Crippen molar-refractivity contribution in [3.05, 3.63) is 60.6 Å². The van der Waals surface area contributed by atoms with Gasteiger partial charge in [0.1, 0.15) is 6.54 Å². The number of hydrogen-bond donors (Lipinski definition) is 0. The molecule has 2 aliphatic heterocycles. The summed E-state index contributed by atoms with van der Waals surface area (Å²) in [4.78, 5) is 32.1. The number of thiazole rings is 1. The summed E-state index contributed by atoms with van der Waals surface area (Å²) in [5, 5.41) is 0. The molecule has 1 aromatic carbocycles. The molecule has 3 aromatic rings. The van der Waals surface area contributed by atoms with Crippen LogP contribution in [0.25, 0.3) is 15.4 Å². The zero-order valence-electron chi connectivity index (χ0n) is 17.1. The number of ether oxygens (including phenoxy) is 4. The summed E-state index contributed by atoms with van der Waals surface area (Å²) in [6.07, 6.45) is 6.10. The summed E-state index contributed by atoms with van der Waals surface area (Å²) in [5.41, 5.74) is 2.02. The smallest absolute Gasteiger partial charge is 0.389 e. The predicted molar refractivity (Wildman–Crippen MR) is 115 cm³/mol. The number of morpholine rings is 1. The molecule has 4 heterocycles. The molecule has 0 bridgehead atoms. The van der Waals surface area contributed by atoms with Gasteiger partial charge in [0.25, 0.3) is 0 Å². The highest BCUT2D eigenvalue weighted by Crippen LogP contribution is 2.28. The fourth-order valence-corrected chi connectivity index (χ4v) is 4.59. The van der Waals surface area contributed by atoms with Gasteiger partial charge in [-0.2, -0.15) is 0 Å². The van der Waals surface area contributed by atoms with E-state index in [-0.39, 0.29) is 13.2 Å². The highest BCUT2D eigenvalue weighted by Gasteiger charge is 2.45. The van der Waals surface area contributed by atoms with E-state index >= 15 is 0 Å². The zero-order chi connectivity index (χ0) is 22.0. The molecule has 0 radical (unpaired) electrons. The first-order valence-electron chi connectivity index (χ1n) is 10.2. The van der Waals surface area contributed by atoms with Gasteiger partial charge in [-0.1, -0.05) is 41.7 Å². The standard InChI is InChI=1S/C22H21N3O6S/c26-19-6-7-20(27)31-22(30-19)15-24(9-11-29-22)8-10-28-14-17-12-25-13-18(32-21(25)23-17)16-4-2-1-3-5-16/h1-7,12-13H,8-11,14-15H2. The largest absolute Gasteiger partial charge is 0.394 e. The van der Waals surface area contributed by atoms with E-state index < -0.39 is 17.9 Å². The molecule has 1 saturated heterocycles. The summed E-state index contributed by atoms with van der Waals surface area (Å²) < 4.78 is 23.7. The number of aromatic nitrogens is 2. The maximum Gasteiger partial charge on any atom is 0.389 e. The van der Waals surface area contributed by atoms with Gasteiger partial charge < -0.3 is 18.9 Å². The molecule has 0 unspecified atom stereocenters. The Morgan fingerprint density at radius 1 is 1.09 bits per heavy atom. The maximum absolute atomic E-state index is 11.7. The normalized spacial score (nSPS) is 18.6. The van der Waals surface area contributed by atoms with Crippen molar-refractivity contribution in [2.75, 3.05) is 32.8 Å². The van der Waals surface area contributed by atoms with E-state index in [4.69, 9.17) is 18.9 Å². The first-order valence-corrected chi connectivity index (χ1v) is 11.0. The van der Waals surface area contributed by atoms with Gasteiger partial charge in [-0.15, -0.1) is 0 Å². The number of rotatable bonds is 6. The SMILES string of the molecule is O=C1C=CC(=O)OC2(CN(CCOCc3cn4cc(-c5ccccc5)sc4n3)CCO2)O1. The maximum atomic E-state index is 11.7. The molecule has 10 heteroatoms. The highest BCUT2D eigenvalue weighted by atomic mass is 32.1. The lowest BCUT2D eigenvalue weighted by Gasteiger charge is -2.39. The Balaban J connectivity index is 1.13. The number of hydrogen-bond acceptors (Lipinski definition) is 9. The van der Waals surface area contributed by atoms with E-state index in [0.717, 1.165) is 27.7 Å². The quantitative estimate of drug-likeness (QED) is 0.413. The van der Waals surface area contributed by atoms with Crippen LogP contribution in [0.5, 0.6) is 0 Å². The summed E-state index contributed by atoms with van der Waals surface area (Å²) in [6.45, 7) is 2.39. The molecule has 2 aromatic heterocycles. The minimum absolute atomic E-state index is 0.123. The van der Waals surface area contributed by atoms with Crippen LogP contribution in [0.3, 0.4) is 0 Å². The molecule has 2 aliphatic rings. The monoisotopic (exact) mass is 455 g/mol. The number of imidazole rings is 1. The predicted octanol–water partition coefficient (Wildman–Crippen LogP) is 2.22. The van der Waals surface area contributed by atoms with Crippen molar-refractivity contribution in [1.82, 2.24) is 14.3 Å². The minimum atomic E-state index is -1.71. The molecule has 32 heavy (non-hydrogen) atoms. The molecule has 166 valence electrons. The molecule has 9 nitrogen and oxygen atoms in total. The second-order valence-electron chi connectivity index (χ2n) is 7.42. The van der Waals surface area contributed by atoms with Crippen molar-refractivity contribution in [3.8, 4) is 10.4 Å². The van der Waals surface area contributed by atoms with Crippen molar-refractivity contribution < 1.29 is 28.5 Å². The Morgan fingerprint density at radius 2 is 1.88 bits per heavy atom. The van der Waals surface area contributed by atoms with E-state index in [1.807, 2.05) is 33.7 Å². The number of esters is 2. The molecular formula is C22H21N3O6S. The first-order chi connectivity index (χ1) is 15.6.